The quantitative estimate of drug-likeness (QED) is 0.545. The molecule has 0 unspecified atom stereocenters. The van der Waals surface area contributed by atoms with Gasteiger partial charge in [-0.1, -0.05) is 0 Å². The van der Waals surface area contributed by atoms with Crippen molar-refractivity contribution in [2.24, 2.45) is 0 Å². The Balaban J connectivity index is 1.10. The second-order valence-electron chi connectivity index (χ2n) is 9.56. The summed E-state index contributed by atoms with van der Waals surface area (Å²) in [4.78, 5) is 17.5. The molecule has 3 aliphatic heterocycles. The summed E-state index contributed by atoms with van der Waals surface area (Å²) in [5.41, 5.74) is 1.46. The zero-order valence-corrected chi connectivity index (χ0v) is 19.7. The van der Waals surface area contributed by atoms with Gasteiger partial charge < -0.3 is 24.3 Å². The van der Waals surface area contributed by atoms with Crippen LogP contribution in [0.4, 0.5) is 4.39 Å². The summed E-state index contributed by atoms with van der Waals surface area (Å²) in [5, 5.41) is 3.64. The molecule has 35 heavy (non-hydrogen) atoms. The number of nitrogens with zero attached hydrogens (tertiary/aromatic N) is 4. The van der Waals surface area contributed by atoms with Gasteiger partial charge in [-0.25, -0.2) is 14.4 Å². The summed E-state index contributed by atoms with van der Waals surface area (Å²) in [5.74, 6) is 1.89. The topological polar surface area (TPSA) is 101 Å². The summed E-state index contributed by atoms with van der Waals surface area (Å²) < 4.78 is 37.5. The van der Waals surface area contributed by atoms with Gasteiger partial charge in [0.2, 0.25) is 5.88 Å². The highest BCUT2D eigenvalue weighted by Gasteiger charge is 2.49. The first-order valence-electron chi connectivity index (χ1n) is 12.1. The zero-order valence-electron chi connectivity index (χ0n) is 19.7. The third-order valence-corrected chi connectivity index (χ3v) is 7.53. The number of halogens is 1. The molecule has 0 radical (unpaired) electrons. The number of rotatable bonds is 7. The van der Waals surface area contributed by atoms with Crippen molar-refractivity contribution in [2.75, 3.05) is 26.9 Å². The first-order valence-corrected chi connectivity index (χ1v) is 12.1. The summed E-state index contributed by atoms with van der Waals surface area (Å²) in [6.07, 6.45) is 8.05. The summed E-state index contributed by atoms with van der Waals surface area (Å²) in [6, 6.07) is 3.55. The SMILES string of the molecule is COc1ccc2ncc(F)c(CCC34CCC(NCc5ncc6c(n5)OCCO6)(CC3)CO4)c2n1. The summed E-state index contributed by atoms with van der Waals surface area (Å²) in [7, 11) is 1.55. The Bertz CT molecular complexity index is 1230. The maximum absolute atomic E-state index is 14.8. The Labute approximate surface area is 202 Å². The van der Waals surface area contributed by atoms with E-state index in [1.165, 1.54) is 6.20 Å². The lowest BCUT2D eigenvalue weighted by molar-refractivity contribution is -0.165. The minimum Gasteiger partial charge on any atom is -0.483 e. The first-order chi connectivity index (χ1) is 17.1. The van der Waals surface area contributed by atoms with E-state index in [2.05, 4.69) is 25.3 Å². The molecule has 4 aliphatic rings. The molecular formula is C25H28FN5O4. The maximum Gasteiger partial charge on any atom is 0.260 e. The maximum atomic E-state index is 14.8. The van der Waals surface area contributed by atoms with Crippen LogP contribution in [0.15, 0.2) is 24.5 Å². The Morgan fingerprint density at radius 3 is 2.71 bits per heavy atom. The van der Waals surface area contributed by atoms with E-state index in [0.717, 1.165) is 32.1 Å². The molecule has 184 valence electrons. The average Bonchev–Trinajstić information content (AvgIpc) is 2.92. The van der Waals surface area contributed by atoms with Crippen molar-refractivity contribution in [3.05, 3.63) is 41.7 Å². The molecule has 1 saturated carbocycles. The number of aromatic nitrogens is 4. The van der Waals surface area contributed by atoms with Crippen molar-refractivity contribution in [1.82, 2.24) is 25.3 Å². The monoisotopic (exact) mass is 481 g/mol. The van der Waals surface area contributed by atoms with Gasteiger partial charge in [0, 0.05) is 17.2 Å². The van der Waals surface area contributed by atoms with Gasteiger partial charge in [-0.3, -0.25) is 4.98 Å². The van der Waals surface area contributed by atoms with E-state index >= 15 is 0 Å². The molecule has 10 heteroatoms. The van der Waals surface area contributed by atoms with Crippen LogP contribution in [0.3, 0.4) is 0 Å². The van der Waals surface area contributed by atoms with Crippen molar-refractivity contribution in [3.63, 3.8) is 0 Å². The molecule has 6 heterocycles. The third kappa shape index (κ3) is 4.25. The second-order valence-corrected chi connectivity index (χ2v) is 9.56. The molecule has 0 aromatic carbocycles. The number of ether oxygens (including phenoxy) is 4. The fourth-order valence-electron chi connectivity index (χ4n) is 5.33. The van der Waals surface area contributed by atoms with E-state index in [0.29, 0.717) is 72.7 Å². The van der Waals surface area contributed by atoms with E-state index < -0.39 is 0 Å². The van der Waals surface area contributed by atoms with E-state index in [-0.39, 0.29) is 17.0 Å². The molecule has 0 amide bonds. The van der Waals surface area contributed by atoms with Gasteiger partial charge in [0.05, 0.1) is 49.3 Å². The van der Waals surface area contributed by atoms with Crippen LogP contribution in [-0.4, -0.2) is 58.0 Å². The van der Waals surface area contributed by atoms with Crippen molar-refractivity contribution in [2.45, 2.75) is 56.2 Å². The highest BCUT2D eigenvalue weighted by molar-refractivity contribution is 5.78. The number of methoxy groups -OCH3 is 1. The number of hydrogen-bond donors (Lipinski definition) is 1. The summed E-state index contributed by atoms with van der Waals surface area (Å²) in [6.45, 7) is 2.17. The van der Waals surface area contributed by atoms with Crippen LogP contribution in [0.5, 0.6) is 17.5 Å². The standard InChI is InChI=1S/C25H28FN5O4/c1-32-21-3-2-18-22(31-21)16(17(26)12-27-18)4-5-25-8-6-24(7-9-25,15-35-25)29-14-20-28-13-19-23(30-20)34-11-10-33-19/h2-3,12-13,29H,4-11,14-15H2,1H3. The second kappa shape index (κ2) is 8.83. The molecule has 3 fully saturated rings. The molecule has 0 spiro atoms. The largest absolute Gasteiger partial charge is 0.483 e. The Morgan fingerprint density at radius 2 is 1.91 bits per heavy atom. The zero-order chi connectivity index (χ0) is 23.9. The number of nitrogens with one attached hydrogen (secondary N) is 1. The minimum absolute atomic E-state index is 0.0953. The fraction of sp³-hybridized carbons (Fsp3) is 0.520. The van der Waals surface area contributed by atoms with Gasteiger partial charge in [-0.2, -0.15) is 4.98 Å². The highest BCUT2D eigenvalue weighted by Crippen LogP contribution is 2.46. The molecule has 2 bridgehead atoms. The van der Waals surface area contributed by atoms with Gasteiger partial charge >= 0.3 is 0 Å². The van der Waals surface area contributed by atoms with E-state index in [9.17, 15) is 4.39 Å². The number of hydrogen-bond acceptors (Lipinski definition) is 9. The number of pyridine rings is 2. The highest BCUT2D eigenvalue weighted by atomic mass is 19.1. The molecule has 1 N–H and O–H groups in total. The van der Waals surface area contributed by atoms with Crippen molar-refractivity contribution in [1.29, 1.82) is 0 Å². The van der Waals surface area contributed by atoms with Gasteiger partial charge in [-0.15, -0.1) is 0 Å². The van der Waals surface area contributed by atoms with E-state index in [1.807, 2.05) is 6.07 Å². The molecule has 3 aromatic rings. The van der Waals surface area contributed by atoms with Gasteiger partial charge in [0.15, 0.2) is 5.75 Å². The fourth-order valence-corrected chi connectivity index (χ4v) is 5.33. The van der Waals surface area contributed by atoms with E-state index in [1.54, 1.807) is 19.4 Å². The molecule has 0 atom stereocenters. The lowest BCUT2D eigenvalue weighted by Crippen LogP contribution is -2.61. The lowest BCUT2D eigenvalue weighted by Gasteiger charge is -2.53. The predicted octanol–water partition coefficient (Wildman–Crippen LogP) is 3.14. The molecule has 9 nitrogen and oxygen atoms in total. The Morgan fingerprint density at radius 1 is 1.06 bits per heavy atom. The lowest BCUT2D eigenvalue weighted by atomic mass is 9.69. The average molecular weight is 482 g/mol. The molecule has 3 aromatic heterocycles. The smallest absolute Gasteiger partial charge is 0.260 e. The number of fused-ring (bicyclic) bond motifs is 5. The predicted molar refractivity (Wildman–Crippen MR) is 124 cm³/mol. The molecule has 2 saturated heterocycles. The van der Waals surface area contributed by atoms with Crippen molar-refractivity contribution >= 4 is 11.0 Å². The molecule has 7 rings (SSSR count). The van der Waals surface area contributed by atoms with Crippen LogP contribution in [0.25, 0.3) is 11.0 Å². The van der Waals surface area contributed by atoms with Gasteiger partial charge in [-0.05, 0) is 44.6 Å². The molecule has 1 aliphatic carbocycles. The molecular weight excluding hydrogens is 453 g/mol. The third-order valence-electron chi connectivity index (χ3n) is 7.53. The van der Waals surface area contributed by atoms with Gasteiger partial charge in [0.25, 0.3) is 5.88 Å². The first kappa shape index (κ1) is 22.4. The van der Waals surface area contributed by atoms with Crippen LogP contribution in [0, 0.1) is 5.82 Å². The van der Waals surface area contributed by atoms with Crippen LogP contribution < -0.4 is 19.5 Å². The van der Waals surface area contributed by atoms with E-state index in [4.69, 9.17) is 18.9 Å². The van der Waals surface area contributed by atoms with Gasteiger partial charge in [0.1, 0.15) is 24.9 Å². The Hall–Kier alpha value is -3.11. The Kier molecular flexibility index (Phi) is 5.64. The number of aryl methyl sites for hydroxylation is 1. The van der Waals surface area contributed by atoms with Crippen LogP contribution in [0.1, 0.15) is 43.5 Å². The van der Waals surface area contributed by atoms with Crippen molar-refractivity contribution in [3.8, 4) is 17.5 Å². The normalized spacial score (nSPS) is 25.1. The van der Waals surface area contributed by atoms with Crippen LogP contribution >= 0.6 is 0 Å². The van der Waals surface area contributed by atoms with Crippen molar-refractivity contribution < 1.29 is 23.3 Å². The van der Waals surface area contributed by atoms with Crippen LogP contribution in [-0.2, 0) is 17.7 Å². The summed E-state index contributed by atoms with van der Waals surface area (Å²) >= 11 is 0. The van der Waals surface area contributed by atoms with Crippen LogP contribution in [0.2, 0.25) is 0 Å². The minimum atomic E-state index is -0.336.